The first-order valence-corrected chi connectivity index (χ1v) is 15.2. The van der Waals surface area contributed by atoms with Gasteiger partial charge in [0.05, 0.1) is 22.5 Å². The Morgan fingerprint density at radius 1 is 0.762 bits per heavy atom. The van der Waals surface area contributed by atoms with Crippen LogP contribution in [0.3, 0.4) is 0 Å². The first-order valence-electron chi connectivity index (χ1n) is 12.7. The molecule has 3 N–H and O–H groups in total. The van der Waals surface area contributed by atoms with E-state index in [1.54, 1.807) is 6.07 Å². The number of benzene rings is 4. The molecule has 10 heteroatoms. The van der Waals surface area contributed by atoms with E-state index in [-0.39, 0.29) is 15.9 Å². The van der Waals surface area contributed by atoms with E-state index in [4.69, 9.17) is 0 Å². The highest BCUT2D eigenvalue weighted by Crippen LogP contribution is 2.48. The average Bonchev–Trinajstić information content (AvgIpc) is 3.72. The zero-order valence-corrected chi connectivity index (χ0v) is 24.7. The van der Waals surface area contributed by atoms with Gasteiger partial charge in [0.15, 0.2) is 10.1 Å². The molecule has 204 valence electrons. The van der Waals surface area contributed by atoms with E-state index in [1.165, 1.54) is 22.7 Å². The number of halogens is 1. The Hall–Kier alpha value is -4.64. The van der Waals surface area contributed by atoms with Gasteiger partial charge in [-0.1, -0.05) is 87.1 Å². The largest absolute Gasteiger partial charge is 0.499 e. The summed E-state index contributed by atoms with van der Waals surface area (Å²) in [5.74, 6) is -0.126. The number of aromatic amines is 1. The smallest absolute Gasteiger partial charge is 0.214 e. The van der Waals surface area contributed by atoms with Gasteiger partial charge in [-0.25, -0.2) is 4.99 Å². The van der Waals surface area contributed by atoms with Crippen LogP contribution in [-0.4, -0.2) is 26.7 Å². The lowest BCUT2D eigenvalue weighted by Crippen LogP contribution is -2.10. The van der Waals surface area contributed by atoms with Gasteiger partial charge in [-0.15, -0.1) is 4.91 Å². The number of aromatic nitrogens is 1. The van der Waals surface area contributed by atoms with Crippen LogP contribution in [0.4, 0.5) is 11.4 Å². The van der Waals surface area contributed by atoms with Crippen LogP contribution >= 0.6 is 38.6 Å². The van der Waals surface area contributed by atoms with Crippen LogP contribution in [0.15, 0.2) is 106 Å². The Labute approximate surface area is 254 Å². The maximum Gasteiger partial charge on any atom is 0.214 e. The molecule has 0 aliphatic carbocycles. The summed E-state index contributed by atoms with van der Waals surface area (Å²) in [4.78, 5) is 31.5. The highest BCUT2D eigenvalue weighted by Gasteiger charge is 2.29. The summed E-state index contributed by atoms with van der Waals surface area (Å²) in [5.41, 5.74) is 4.45. The molecule has 0 fully saturated rings. The Balaban J connectivity index is 0.000000138. The monoisotopic (exact) mass is 651 g/mol. The number of Topliss-reactive ketones (excluding diaryl/α,β-unsaturated/α-hetero) is 1. The molecule has 0 bridgehead atoms. The highest BCUT2D eigenvalue weighted by molar-refractivity contribution is 9.10. The number of carbonyl (C=O) groups is 1. The van der Waals surface area contributed by atoms with Gasteiger partial charge < -0.3 is 15.2 Å². The Morgan fingerprint density at radius 2 is 1.38 bits per heavy atom. The fourth-order valence-corrected chi connectivity index (χ4v) is 7.45. The number of hydrogen-bond donors (Lipinski definition) is 3. The third kappa shape index (κ3) is 4.23. The lowest BCUT2D eigenvalue weighted by molar-refractivity contribution is 0.107. The molecular formula is C32H18BrN3O4S2. The second-order valence-electron chi connectivity index (χ2n) is 9.49. The number of rotatable bonds is 3. The van der Waals surface area contributed by atoms with Crippen molar-refractivity contribution in [1.29, 1.82) is 0 Å². The van der Waals surface area contributed by atoms with E-state index in [0.717, 1.165) is 35.5 Å². The number of nitrogens with zero attached hydrogens (tertiary/aromatic N) is 2. The lowest BCUT2D eigenvalue weighted by atomic mass is 10.0. The second-order valence-corrected chi connectivity index (χ2v) is 12.5. The van der Waals surface area contributed by atoms with Crippen molar-refractivity contribution >= 4 is 92.5 Å². The number of nitrogens with one attached hydrogen (secondary N) is 1. The van der Waals surface area contributed by atoms with E-state index >= 15 is 0 Å². The van der Waals surface area contributed by atoms with Gasteiger partial charge in [0.25, 0.3) is 0 Å². The van der Waals surface area contributed by atoms with Crippen molar-refractivity contribution in [2.24, 2.45) is 10.2 Å². The molecule has 1 aliphatic rings. The molecule has 0 radical (unpaired) electrons. The third-order valence-corrected chi connectivity index (χ3v) is 9.50. The SMILES string of the molecule is O=C1C(c2c(O)sc3ccccc23)=Nc2ccccc21.O=Nc1c(-c2c(O)sc3ccccc23)[nH]c2ccc(Br)cc12. The highest BCUT2D eigenvalue weighted by atomic mass is 79.9. The van der Waals surface area contributed by atoms with Gasteiger partial charge in [0, 0.05) is 41.1 Å². The Morgan fingerprint density at radius 3 is 2.07 bits per heavy atom. The molecule has 7 nitrogen and oxygen atoms in total. The van der Waals surface area contributed by atoms with Crippen LogP contribution in [0.2, 0.25) is 0 Å². The summed E-state index contributed by atoms with van der Waals surface area (Å²) < 4.78 is 2.79. The standard InChI is InChI=1S/C16H9BrN2O2S.C16H9NO2S/c17-8-5-6-11-10(7-8)14(19-21)15(18-11)13-9-3-1-2-4-12(9)22-16(13)20;18-15-9-5-1-3-7-11(9)17-14(15)13-10-6-2-4-8-12(10)20-16(13)19/h1-7,18,20H;1-8,19H. The molecule has 0 saturated carbocycles. The van der Waals surface area contributed by atoms with E-state index in [2.05, 4.69) is 31.1 Å². The Bertz CT molecular complexity index is 2250. The van der Waals surface area contributed by atoms with E-state index in [1.807, 2.05) is 84.9 Å². The maximum absolute atomic E-state index is 12.5. The first kappa shape index (κ1) is 26.3. The number of para-hydroxylation sites is 1. The molecule has 4 heterocycles. The van der Waals surface area contributed by atoms with Crippen LogP contribution in [0, 0.1) is 4.91 Å². The molecule has 0 atom stereocenters. The van der Waals surface area contributed by atoms with Crippen molar-refractivity contribution in [3.8, 4) is 21.4 Å². The predicted octanol–water partition coefficient (Wildman–Crippen LogP) is 9.84. The van der Waals surface area contributed by atoms with Gasteiger partial charge in [0.1, 0.15) is 11.4 Å². The second kappa shape index (κ2) is 10.3. The zero-order chi connectivity index (χ0) is 29.0. The van der Waals surface area contributed by atoms with Gasteiger partial charge in [-0.2, -0.15) is 0 Å². The van der Waals surface area contributed by atoms with Crippen LogP contribution < -0.4 is 0 Å². The summed E-state index contributed by atoms with van der Waals surface area (Å²) in [6, 6.07) is 28.2. The van der Waals surface area contributed by atoms with Gasteiger partial charge in [-0.05, 0) is 47.6 Å². The topological polar surface area (TPSA) is 115 Å². The van der Waals surface area contributed by atoms with E-state index in [9.17, 15) is 19.9 Å². The van der Waals surface area contributed by atoms with Gasteiger partial charge in [-0.3, -0.25) is 4.79 Å². The number of fused-ring (bicyclic) bond motifs is 4. The first-order chi connectivity index (χ1) is 20.4. The normalized spacial score (nSPS) is 12.4. The fraction of sp³-hybridized carbons (Fsp3) is 0. The molecule has 0 unspecified atom stereocenters. The molecule has 4 aromatic carbocycles. The van der Waals surface area contributed by atoms with Crippen molar-refractivity contribution < 1.29 is 15.0 Å². The number of hydrogen-bond acceptors (Lipinski definition) is 8. The van der Waals surface area contributed by atoms with Gasteiger partial charge in [0.2, 0.25) is 5.78 Å². The number of thiophene rings is 2. The zero-order valence-electron chi connectivity index (χ0n) is 21.5. The minimum absolute atomic E-state index is 0.126. The number of aromatic hydroxyl groups is 2. The summed E-state index contributed by atoms with van der Waals surface area (Å²) in [6.07, 6.45) is 0. The predicted molar refractivity (Wildman–Crippen MR) is 174 cm³/mol. The maximum atomic E-state index is 12.5. The van der Waals surface area contributed by atoms with E-state index < -0.39 is 0 Å². The fourth-order valence-electron chi connectivity index (χ4n) is 5.19. The minimum atomic E-state index is -0.126. The number of aliphatic imine (C=N–C) groups is 1. The van der Waals surface area contributed by atoms with Crippen LogP contribution in [0.25, 0.3) is 42.3 Å². The van der Waals surface area contributed by atoms with Crippen LogP contribution in [0.1, 0.15) is 15.9 Å². The van der Waals surface area contributed by atoms with Crippen molar-refractivity contribution in [2.45, 2.75) is 0 Å². The van der Waals surface area contributed by atoms with Crippen LogP contribution in [-0.2, 0) is 0 Å². The van der Waals surface area contributed by atoms with Crippen molar-refractivity contribution in [3.05, 3.63) is 112 Å². The van der Waals surface area contributed by atoms with Crippen LogP contribution in [0.5, 0.6) is 10.1 Å². The summed E-state index contributed by atoms with van der Waals surface area (Å²) >= 11 is 5.96. The lowest BCUT2D eigenvalue weighted by Gasteiger charge is -1.98. The number of carbonyl (C=O) groups excluding carboxylic acids is 1. The number of ketones is 1. The molecule has 1 aliphatic heterocycles. The van der Waals surface area contributed by atoms with Crippen molar-refractivity contribution in [1.82, 2.24) is 4.98 Å². The molecule has 0 amide bonds. The quantitative estimate of drug-likeness (QED) is 0.165. The Kier molecular flexibility index (Phi) is 6.46. The van der Waals surface area contributed by atoms with E-state index in [0.29, 0.717) is 39.5 Å². The summed E-state index contributed by atoms with van der Waals surface area (Å²) in [6.45, 7) is 0. The minimum Gasteiger partial charge on any atom is -0.499 e. The summed E-state index contributed by atoms with van der Waals surface area (Å²) in [7, 11) is 0. The van der Waals surface area contributed by atoms with Crippen molar-refractivity contribution in [3.63, 3.8) is 0 Å². The molecule has 3 aromatic heterocycles. The summed E-state index contributed by atoms with van der Waals surface area (Å²) in [5, 5.41) is 26.5. The molecule has 8 rings (SSSR count). The molecule has 0 saturated heterocycles. The molecule has 7 aromatic rings. The molecule has 42 heavy (non-hydrogen) atoms. The van der Waals surface area contributed by atoms with Crippen molar-refractivity contribution in [2.75, 3.05) is 0 Å². The molecular weight excluding hydrogens is 634 g/mol. The third-order valence-electron chi connectivity index (χ3n) is 7.06. The number of nitroso groups, excluding NO2 is 1. The molecule has 0 spiro atoms. The average molecular weight is 653 g/mol. The number of H-pyrrole nitrogens is 1. The van der Waals surface area contributed by atoms with Gasteiger partial charge >= 0.3 is 0 Å².